The maximum Gasteiger partial charge on any atom is 0.333 e. The average molecular weight is 435 g/mol. The summed E-state index contributed by atoms with van der Waals surface area (Å²) in [6.45, 7) is 4.69. The number of unbranched alkanes of at least 4 members (excludes halogenated alkanes) is 1. The van der Waals surface area contributed by atoms with Crippen LogP contribution < -0.4 is 16.0 Å². The van der Waals surface area contributed by atoms with Crippen LogP contribution in [0.25, 0.3) is 11.2 Å². The van der Waals surface area contributed by atoms with E-state index in [0.29, 0.717) is 46.4 Å². The SMILES string of the molecule is CCCCn1c(=O)n(Cc2cc(Cl)ccc2OC)c(=O)c2c1nc(CO)n2CCC. The van der Waals surface area contributed by atoms with E-state index >= 15 is 0 Å². The van der Waals surface area contributed by atoms with Gasteiger partial charge in [-0.25, -0.2) is 9.78 Å². The summed E-state index contributed by atoms with van der Waals surface area (Å²) in [5, 5.41) is 10.3. The van der Waals surface area contributed by atoms with Gasteiger partial charge in [-0.3, -0.25) is 13.9 Å². The van der Waals surface area contributed by atoms with Crippen LogP contribution in [0, 0.1) is 0 Å². The Morgan fingerprint density at radius 2 is 1.87 bits per heavy atom. The van der Waals surface area contributed by atoms with Crippen LogP contribution in [0.1, 0.15) is 44.5 Å². The van der Waals surface area contributed by atoms with Crippen molar-refractivity contribution < 1.29 is 9.84 Å². The minimum Gasteiger partial charge on any atom is -0.496 e. The highest BCUT2D eigenvalue weighted by atomic mass is 35.5. The Morgan fingerprint density at radius 3 is 2.50 bits per heavy atom. The number of aliphatic hydroxyl groups excluding tert-OH is 1. The van der Waals surface area contributed by atoms with Crippen molar-refractivity contribution >= 4 is 22.8 Å². The number of aryl methyl sites for hydroxylation is 2. The van der Waals surface area contributed by atoms with Gasteiger partial charge in [0.1, 0.15) is 18.2 Å². The molecule has 0 aliphatic heterocycles. The Hall–Kier alpha value is -2.58. The normalized spacial score (nSPS) is 11.4. The third-order valence-electron chi connectivity index (χ3n) is 5.09. The van der Waals surface area contributed by atoms with E-state index in [-0.39, 0.29) is 13.2 Å². The van der Waals surface area contributed by atoms with Gasteiger partial charge in [0.15, 0.2) is 11.2 Å². The molecular formula is C21H27ClN4O4. The van der Waals surface area contributed by atoms with E-state index in [2.05, 4.69) is 4.98 Å². The predicted molar refractivity (Wildman–Crippen MR) is 116 cm³/mol. The molecule has 3 aromatic rings. The summed E-state index contributed by atoms with van der Waals surface area (Å²) < 4.78 is 9.82. The van der Waals surface area contributed by atoms with Crippen LogP contribution in [0.15, 0.2) is 27.8 Å². The molecule has 0 fully saturated rings. The lowest BCUT2D eigenvalue weighted by Crippen LogP contribution is -2.41. The van der Waals surface area contributed by atoms with Crippen molar-refractivity contribution in [2.45, 2.75) is 59.4 Å². The summed E-state index contributed by atoms with van der Waals surface area (Å²) in [5.74, 6) is 0.927. The largest absolute Gasteiger partial charge is 0.496 e. The quantitative estimate of drug-likeness (QED) is 0.559. The number of hydrogen-bond acceptors (Lipinski definition) is 5. The van der Waals surface area contributed by atoms with Crippen molar-refractivity contribution in [3.63, 3.8) is 0 Å². The minimum atomic E-state index is -0.439. The van der Waals surface area contributed by atoms with Gasteiger partial charge in [0.05, 0.1) is 13.7 Å². The molecule has 0 unspecified atom stereocenters. The van der Waals surface area contributed by atoms with Gasteiger partial charge >= 0.3 is 5.69 Å². The summed E-state index contributed by atoms with van der Waals surface area (Å²) in [5.41, 5.74) is 0.413. The Labute approximate surface area is 179 Å². The topological polar surface area (TPSA) is 91.3 Å². The lowest BCUT2D eigenvalue weighted by molar-refractivity contribution is 0.265. The molecule has 2 heterocycles. The van der Waals surface area contributed by atoms with Crippen LogP contribution in [0.5, 0.6) is 5.75 Å². The Bertz CT molecular complexity index is 1160. The molecule has 3 rings (SSSR count). The second kappa shape index (κ2) is 9.49. The van der Waals surface area contributed by atoms with Gasteiger partial charge in [-0.2, -0.15) is 0 Å². The summed E-state index contributed by atoms with van der Waals surface area (Å²) in [7, 11) is 1.53. The zero-order valence-electron chi connectivity index (χ0n) is 17.5. The number of rotatable bonds is 9. The van der Waals surface area contributed by atoms with E-state index < -0.39 is 11.2 Å². The lowest BCUT2D eigenvalue weighted by atomic mass is 10.2. The van der Waals surface area contributed by atoms with E-state index in [1.807, 2.05) is 13.8 Å². The van der Waals surface area contributed by atoms with Crippen molar-refractivity contribution in [3.05, 3.63) is 55.4 Å². The highest BCUT2D eigenvalue weighted by molar-refractivity contribution is 6.30. The lowest BCUT2D eigenvalue weighted by Gasteiger charge is -2.14. The van der Waals surface area contributed by atoms with Crippen LogP contribution in [-0.4, -0.2) is 30.9 Å². The molecule has 1 aromatic carbocycles. The van der Waals surface area contributed by atoms with Crippen molar-refractivity contribution in [2.24, 2.45) is 0 Å². The summed E-state index contributed by atoms with van der Waals surface area (Å²) in [6, 6.07) is 5.09. The molecule has 0 saturated heterocycles. The molecule has 0 saturated carbocycles. The Balaban J connectivity index is 2.31. The molecule has 0 bridgehead atoms. The Kier molecular flexibility index (Phi) is 6.99. The van der Waals surface area contributed by atoms with Gasteiger partial charge in [0.2, 0.25) is 0 Å². The number of fused-ring (bicyclic) bond motifs is 1. The molecule has 0 aliphatic carbocycles. The first-order valence-corrected chi connectivity index (χ1v) is 10.5. The number of ether oxygens (including phenoxy) is 1. The van der Waals surface area contributed by atoms with E-state index in [0.717, 1.165) is 19.3 Å². The average Bonchev–Trinajstić information content (AvgIpc) is 3.10. The first-order valence-electron chi connectivity index (χ1n) is 10.1. The van der Waals surface area contributed by atoms with E-state index in [9.17, 15) is 14.7 Å². The smallest absolute Gasteiger partial charge is 0.333 e. The number of imidazole rings is 1. The monoisotopic (exact) mass is 434 g/mol. The number of benzene rings is 1. The third-order valence-corrected chi connectivity index (χ3v) is 5.32. The molecule has 2 aromatic heterocycles. The van der Waals surface area contributed by atoms with E-state index in [4.69, 9.17) is 16.3 Å². The number of hydrogen-bond donors (Lipinski definition) is 1. The molecule has 8 nitrogen and oxygen atoms in total. The second-order valence-corrected chi connectivity index (χ2v) is 7.58. The fraction of sp³-hybridized carbons (Fsp3) is 0.476. The number of aliphatic hydroxyl groups is 1. The van der Waals surface area contributed by atoms with Gasteiger partial charge < -0.3 is 14.4 Å². The molecule has 0 spiro atoms. The van der Waals surface area contributed by atoms with E-state index in [1.54, 1.807) is 22.8 Å². The van der Waals surface area contributed by atoms with Crippen LogP contribution in [0.2, 0.25) is 5.02 Å². The summed E-state index contributed by atoms with van der Waals surface area (Å²) in [6.07, 6.45) is 2.41. The highest BCUT2D eigenvalue weighted by Gasteiger charge is 2.21. The number of aromatic nitrogens is 4. The van der Waals surface area contributed by atoms with Crippen LogP contribution in [-0.2, 0) is 26.2 Å². The molecule has 0 aliphatic rings. The van der Waals surface area contributed by atoms with Crippen LogP contribution in [0.3, 0.4) is 0 Å². The summed E-state index contributed by atoms with van der Waals surface area (Å²) >= 11 is 6.13. The fourth-order valence-electron chi connectivity index (χ4n) is 3.62. The molecule has 0 atom stereocenters. The Morgan fingerprint density at radius 1 is 1.10 bits per heavy atom. The predicted octanol–water partition coefficient (Wildman–Crippen LogP) is 2.77. The van der Waals surface area contributed by atoms with Gasteiger partial charge in [-0.15, -0.1) is 0 Å². The van der Waals surface area contributed by atoms with Crippen molar-refractivity contribution in [1.82, 2.24) is 18.7 Å². The molecular weight excluding hydrogens is 408 g/mol. The fourth-order valence-corrected chi connectivity index (χ4v) is 3.81. The maximum absolute atomic E-state index is 13.4. The van der Waals surface area contributed by atoms with Crippen LogP contribution in [0.4, 0.5) is 0 Å². The number of nitrogens with zero attached hydrogens (tertiary/aromatic N) is 4. The maximum atomic E-state index is 13.4. The highest BCUT2D eigenvalue weighted by Crippen LogP contribution is 2.23. The first kappa shape index (κ1) is 22.1. The number of methoxy groups -OCH3 is 1. The van der Waals surface area contributed by atoms with Gasteiger partial charge in [0.25, 0.3) is 5.56 Å². The van der Waals surface area contributed by atoms with Crippen molar-refractivity contribution in [3.8, 4) is 5.75 Å². The van der Waals surface area contributed by atoms with Crippen molar-refractivity contribution in [2.75, 3.05) is 7.11 Å². The van der Waals surface area contributed by atoms with Crippen molar-refractivity contribution in [1.29, 1.82) is 0 Å². The molecule has 9 heteroatoms. The van der Waals surface area contributed by atoms with E-state index in [1.165, 1.54) is 16.2 Å². The third kappa shape index (κ3) is 4.02. The number of halogens is 1. The van der Waals surface area contributed by atoms with Gasteiger partial charge in [-0.05, 0) is 31.0 Å². The molecule has 0 amide bonds. The molecule has 162 valence electrons. The second-order valence-electron chi connectivity index (χ2n) is 7.15. The molecule has 0 radical (unpaired) electrons. The zero-order valence-corrected chi connectivity index (χ0v) is 18.3. The van der Waals surface area contributed by atoms with Gasteiger partial charge in [0, 0.05) is 23.7 Å². The summed E-state index contributed by atoms with van der Waals surface area (Å²) in [4.78, 5) is 31.2. The van der Waals surface area contributed by atoms with Gasteiger partial charge in [-0.1, -0.05) is 31.9 Å². The minimum absolute atomic E-state index is 0.0230. The standard InChI is InChI=1S/C21H27ClN4O4/c1-4-6-10-25-19-18(24(9-5-2)17(13-27)23-19)20(28)26(21(25)29)12-14-11-15(22)7-8-16(14)30-3/h7-8,11,27H,4-6,9-10,12-13H2,1-3H3. The molecule has 30 heavy (non-hydrogen) atoms. The van der Waals surface area contributed by atoms with Crippen LogP contribution >= 0.6 is 11.6 Å². The first-order chi connectivity index (χ1) is 14.5. The zero-order chi connectivity index (χ0) is 21.8. The molecule has 1 N–H and O–H groups in total.